The van der Waals surface area contributed by atoms with Crippen LogP contribution < -0.4 is 20.9 Å². The molecule has 1 saturated heterocycles. The second kappa shape index (κ2) is 12.2. The molecule has 14 heteroatoms. The van der Waals surface area contributed by atoms with E-state index in [0.29, 0.717) is 52.8 Å². The third-order valence-corrected chi connectivity index (χ3v) is 9.54. The molecular formula is C30H36N10O3S. The van der Waals surface area contributed by atoms with Gasteiger partial charge in [0.1, 0.15) is 11.6 Å². The predicted octanol–water partition coefficient (Wildman–Crippen LogP) is 3.64. The van der Waals surface area contributed by atoms with E-state index in [0.717, 1.165) is 36.0 Å². The van der Waals surface area contributed by atoms with Crippen LogP contribution in [0.25, 0.3) is 11.4 Å². The van der Waals surface area contributed by atoms with Gasteiger partial charge in [0.25, 0.3) is 15.9 Å². The number of piperazine rings is 1. The Bertz CT molecular complexity index is 1760. The minimum absolute atomic E-state index is 0.0615. The van der Waals surface area contributed by atoms with Gasteiger partial charge in [0.05, 0.1) is 34.5 Å². The lowest BCUT2D eigenvalue weighted by atomic mass is 10.1. The van der Waals surface area contributed by atoms with Crippen LogP contribution in [0.4, 0.5) is 28.7 Å². The average Bonchev–Trinajstić information content (AvgIpc) is 3.74. The van der Waals surface area contributed by atoms with Crippen molar-refractivity contribution in [2.45, 2.75) is 38.0 Å². The van der Waals surface area contributed by atoms with E-state index in [1.165, 1.54) is 18.6 Å². The summed E-state index contributed by atoms with van der Waals surface area (Å²) in [5, 5.41) is 13.2. The summed E-state index contributed by atoms with van der Waals surface area (Å²) in [4.78, 5) is 31.4. The molecule has 0 atom stereocenters. The first-order chi connectivity index (χ1) is 21.2. The van der Waals surface area contributed by atoms with E-state index in [9.17, 15) is 13.2 Å². The van der Waals surface area contributed by atoms with E-state index in [4.69, 9.17) is 0 Å². The first kappa shape index (κ1) is 29.5. The maximum absolute atomic E-state index is 13.4. The molecule has 4 aromatic rings. The molecule has 1 amide bonds. The quantitative estimate of drug-likeness (QED) is 0.240. The highest BCUT2D eigenvalue weighted by atomic mass is 32.2. The molecule has 13 nitrogen and oxygen atoms in total. The number of carbonyl (C=O) groups is 1. The second-order valence-corrected chi connectivity index (χ2v) is 13.5. The van der Waals surface area contributed by atoms with Crippen LogP contribution in [0.15, 0.2) is 61.2 Å². The number of hydrogen-bond donors (Lipinski definition) is 3. The number of carbonyl (C=O) groups excluding carboxylic acids is 1. The topological polar surface area (TPSA) is 150 Å². The lowest BCUT2D eigenvalue weighted by Crippen LogP contribution is -2.44. The summed E-state index contributed by atoms with van der Waals surface area (Å²) in [5.41, 5.74) is 3.30. The third kappa shape index (κ3) is 6.65. The standard InChI is InChI=1S/C30H36N10O3S/c1-20(2)34-26-16-28(36-27-9-10-31-29(37-27)21-17-33-40(19-21)44(42,43)24-7-8-24)32-18-25(26)30(41)35-22-5-4-6-23(15-22)39-13-11-38(3)12-14-39/h4-6,9-10,15-20,24H,7-8,11-14H2,1-3H3,(H,35,41)(H2,31,32,34,36,37). The molecule has 230 valence electrons. The Balaban J connectivity index is 1.18. The molecule has 4 heterocycles. The fourth-order valence-corrected chi connectivity index (χ4v) is 6.43. The SMILES string of the molecule is CC(C)Nc1cc(Nc2ccnc(-c3cnn(S(=O)(=O)C4CC4)c3)n2)ncc1C(=O)Nc1cccc(N2CCN(C)CC2)c1. The number of rotatable bonds is 10. The zero-order chi connectivity index (χ0) is 30.8. The lowest BCUT2D eigenvalue weighted by Gasteiger charge is -2.34. The highest BCUT2D eigenvalue weighted by molar-refractivity contribution is 7.90. The maximum Gasteiger partial charge on any atom is 0.259 e. The summed E-state index contributed by atoms with van der Waals surface area (Å²) in [7, 11) is -1.36. The van der Waals surface area contributed by atoms with Crippen molar-refractivity contribution in [2.75, 3.05) is 54.1 Å². The molecule has 3 aromatic heterocycles. The number of anilines is 5. The Morgan fingerprint density at radius 1 is 1.00 bits per heavy atom. The van der Waals surface area contributed by atoms with Crippen LogP contribution in [0, 0.1) is 0 Å². The lowest BCUT2D eigenvalue weighted by molar-refractivity contribution is 0.102. The summed E-state index contributed by atoms with van der Waals surface area (Å²) in [6.45, 7) is 7.87. The number of hydrogen-bond acceptors (Lipinski definition) is 11. The van der Waals surface area contributed by atoms with Gasteiger partial charge in [-0.3, -0.25) is 4.79 Å². The van der Waals surface area contributed by atoms with Crippen LogP contribution in [0.5, 0.6) is 0 Å². The zero-order valence-corrected chi connectivity index (χ0v) is 25.8. The Hall–Kier alpha value is -4.56. The number of nitrogens with one attached hydrogen (secondary N) is 3. The molecule has 3 N–H and O–H groups in total. The highest BCUT2D eigenvalue weighted by Gasteiger charge is 2.37. The molecule has 1 aliphatic heterocycles. The second-order valence-electron chi connectivity index (χ2n) is 11.4. The number of benzene rings is 1. The van der Waals surface area contributed by atoms with Crippen molar-refractivity contribution in [3.63, 3.8) is 0 Å². The van der Waals surface area contributed by atoms with E-state index >= 15 is 0 Å². The van der Waals surface area contributed by atoms with Crippen molar-refractivity contribution in [1.29, 1.82) is 0 Å². The first-order valence-corrected chi connectivity index (χ1v) is 16.2. The van der Waals surface area contributed by atoms with Crippen molar-refractivity contribution in [3.8, 4) is 11.4 Å². The molecule has 44 heavy (non-hydrogen) atoms. The van der Waals surface area contributed by atoms with E-state index in [1.54, 1.807) is 18.3 Å². The fourth-order valence-electron chi connectivity index (χ4n) is 4.96. The summed E-state index contributed by atoms with van der Waals surface area (Å²) in [6, 6.07) is 11.4. The van der Waals surface area contributed by atoms with Crippen LogP contribution >= 0.6 is 0 Å². The Labute approximate surface area is 256 Å². The largest absolute Gasteiger partial charge is 0.382 e. The minimum atomic E-state index is -3.49. The van der Waals surface area contributed by atoms with Crippen LogP contribution in [0.2, 0.25) is 0 Å². The molecule has 1 aliphatic carbocycles. The first-order valence-electron chi connectivity index (χ1n) is 14.7. The maximum atomic E-state index is 13.4. The van der Waals surface area contributed by atoms with Gasteiger partial charge in [-0.05, 0) is 58.0 Å². The van der Waals surface area contributed by atoms with Crippen LogP contribution in [0.1, 0.15) is 37.0 Å². The van der Waals surface area contributed by atoms with Gasteiger partial charge >= 0.3 is 0 Å². The number of amides is 1. The molecule has 1 aromatic carbocycles. The summed E-state index contributed by atoms with van der Waals surface area (Å²) >= 11 is 0. The van der Waals surface area contributed by atoms with Gasteiger partial charge < -0.3 is 25.8 Å². The number of pyridine rings is 1. The van der Waals surface area contributed by atoms with E-state index in [2.05, 4.69) is 58.9 Å². The van der Waals surface area contributed by atoms with Crippen molar-refractivity contribution >= 4 is 44.6 Å². The van der Waals surface area contributed by atoms with Gasteiger partial charge in [0.15, 0.2) is 5.82 Å². The molecule has 0 bridgehead atoms. The minimum Gasteiger partial charge on any atom is -0.382 e. The van der Waals surface area contributed by atoms with Crippen molar-refractivity contribution in [2.24, 2.45) is 0 Å². The smallest absolute Gasteiger partial charge is 0.259 e. The predicted molar refractivity (Wildman–Crippen MR) is 171 cm³/mol. The van der Waals surface area contributed by atoms with Crippen molar-refractivity contribution < 1.29 is 13.2 Å². The molecule has 1 saturated carbocycles. The summed E-state index contributed by atoms with van der Waals surface area (Å²) < 4.78 is 26.1. The Morgan fingerprint density at radius 3 is 2.55 bits per heavy atom. The molecule has 2 fully saturated rings. The average molecular weight is 617 g/mol. The van der Waals surface area contributed by atoms with Gasteiger partial charge in [-0.15, -0.1) is 0 Å². The monoisotopic (exact) mass is 616 g/mol. The van der Waals surface area contributed by atoms with Crippen molar-refractivity contribution in [1.82, 2.24) is 29.0 Å². The van der Waals surface area contributed by atoms with E-state index < -0.39 is 10.0 Å². The van der Waals surface area contributed by atoms with Crippen LogP contribution in [-0.2, 0) is 10.0 Å². The number of nitrogens with zero attached hydrogens (tertiary/aromatic N) is 7. The van der Waals surface area contributed by atoms with Gasteiger partial charge in [-0.2, -0.15) is 9.19 Å². The van der Waals surface area contributed by atoms with Gasteiger partial charge in [-0.25, -0.2) is 23.4 Å². The zero-order valence-electron chi connectivity index (χ0n) is 24.9. The summed E-state index contributed by atoms with van der Waals surface area (Å²) in [5.74, 6) is 0.972. The number of likely N-dealkylation sites (N-methyl/N-ethyl adjacent to an activating group) is 1. The highest BCUT2D eigenvalue weighted by Crippen LogP contribution is 2.30. The summed E-state index contributed by atoms with van der Waals surface area (Å²) in [6.07, 6.45) is 7.28. The van der Waals surface area contributed by atoms with Gasteiger partial charge in [-0.1, -0.05) is 6.07 Å². The van der Waals surface area contributed by atoms with Gasteiger partial charge in [0, 0.05) is 62.1 Å². The Kier molecular flexibility index (Phi) is 8.19. The van der Waals surface area contributed by atoms with Crippen LogP contribution in [0.3, 0.4) is 0 Å². The molecule has 2 aliphatic rings. The molecule has 6 rings (SSSR count). The Morgan fingerprint density at radius 2 is 1.80 bits per heavy atom. The third-order valence-electron chi connectivity index (χ3n) is 7.50. The van der Waals surface area contributed by atoms with E-state index in [1.807, 2.05) is 32.0 Å². The van der Waals surface area contributed by atoms with Gasteiger partial charge in [0.2, 0.25) is 0 Å². The molecule has 0 spiro atoms. The van der Waals surface area contributed by atoms with Crippen LogP contribution in [-0.4, -0.2) is 87.9 Å². The number of aromatic nitrogens is 5. The molecule has 0 unspecified atom stereocenters. The normalized spacial score (nSPS) is 15.8. The van der Waals surface area contributed by atoms with E-state index in [-0.39, 0.29) is 17.2 Å². The molecule has 0 radical (unpaired) electrons. The van der Waals surface area contributed by atoms with Crippen molar-refractivity contribution in [3.05, 3.63) is 66.7 Å². The molecular weight excluding hydrogens is 580 g/mol. The fraction of sp³-hybridized carbons (Fsp3) is 0.367.